The third-order valence-electron chi connectivity index (χ3n) is 7.13. The number of carbonyl (C=O) groups excluding carboxylic acids is 3. The lowest BCUT2D eigenvalue weighted by atomic mass is 9.81. The lowest BCUT2D eigenvalue weighted by molar-refractivity contribution is 0.0975. The predicted octanol–water partition coefficient (Wildman–Crippen LogP) is 3.47. The summed E-state index contributed by atoms with van der Waals surface area (Å²) in [6, 6.07) is 12.8. The largest absolute Gasteiger partial charge is 0.338 e. The Kier molecular flexibility index (Phi) is 7.59. The highest BCUT2D eigenvalue weighted by Crippen LogP contribution is 2.47. The van der Waals surface area contributed by atoms with Crippen molar-refractivity contribution in [2.75, 3.05) is 29.1 Å². The van der Waals surface area contributed by atoms with Crippen molar-refractivity contribution < 1.29 is 23.2 Å². The first-order valence-corrected chi connectivity index (χ1v) is 14.0. The summed E-state index contributed by atoms with van der Waals surface area (Å²) in [5.41, 5.74) is -0.270. The van der Waals surface area contributed by atoms with Crippen LogP contribution in [0.3, 0.4) is 0 Å². The average molecular weight is 601 g/mol. The molecular formula is C29H22F2N8O3S. The Morgan fingerprint density at radius 3 is 2.47 bits per heavy atom. The average Bonchev–Trinajstić information content (AvgIpc) is 3.42. The number of aromatic nitrogens is 4. The van der Waals surface area contributed by atoms with Crippen LogP contribution in [0.5, 0.6) is 0 Å². The summed E-state index contributed by atoms with van der Waals surface area (Å²) in [6.07, 6.45) is 4.97. The van der Waals surface area contributed by atoms with Gasteiger partial charge in [0.15, 0.2) is 17.3 Å². The number of aldehydes is 1. The smallest absolute Gasteiger partial charge is 0.275 e. The number of fused-ring (bicyclic) bond motifs is 1. The molecule has 0 aliphatic carbocycles. The van der Waals surface area contributed by atoms with E-state index in [0.717, 1.165) is 12.4 Å². The first-order valence-electron chi connectivity index (χ1n) is 13.0. The number of nitrogens with zero attached hydrogens (tertiary/aromatic N) is 6. The highest BCUT2D eigenvalue weighted by atomic mass is 32.2. The number of carbonyl (C=O) groups is 3. The third kappa shape index (κ3) is 5.68. The summed E-state index contributed by atoms with van der Waals surface area (Å²) >= 11 is 1.33. The van der Waals surface area contributed by atoms with Crippen LogP contribution < -0.4 is 15.5 Å². The number of rotatable bonds is 6. The molecule has 2 amide bonds. The number of aliphatic imine (C=N–C) groups is 1. The number of anilines is 2. The van der Waals surface area contributed by atoms with Crippen molar-refractivity contribution in [1.82, 2.24) is 25.3 Å². The summed E-state index contributed by atoms with van der Waals surface area (Å²) in [7, 11) is 0. The molecule has 0 bridgehead atoms. The molecule has 11 nitrogen and oxygen atoms in total. The summed E-state index contributed by atoms with van der Waals surface area (Å²) in [6.45, 7) is 0.512. The van der Waals surface area contributed by atoms with Crippen molar-refractivity contribution in [2.24, 2.45) is 10.9 Å². The summed E-state index contributed by atoms with van der Waals surface area (Å²) in [5, 5.41) is 5.85. The maximum absolute atomic E-state index is 15.7. The van der Waals surface area contributed by atoms with E-state index in [0.29, 0.717) is 29.3 Å². The fraction of sp³-hybridized carbons (Fsp3) is 0.172. The van der Waals surface area contributed by atoms with Crippen molar-refractivity contribution in [1.29, 1.82) is 0 Å². The molecule has 0 spiro atoms. The number of hydrogen-bond donors (Lipinski definition) is 2. The molecule has 2 aliphatic rings. The minimum absolute atomic E-state index is 0.0361. The lowest BCUT2D eigenvalue weighted by Crippen LogP contribution is -2.43. The fourth-order valence-electron chi connectivity index (χ4n) is 5.07. The van der Waals surface area contributed by atoms with Gasteiger partial charge in [-0.05, 0) is 30.3 Å². The zero-order valence-electron chi connectivity index (χ0n) is 22.3. The second kappa shape index (κ2) is 11.6. The summed E-state index contributed by atoms with van der Waals surface area (Å²) < 4.78 is 29.3. The molecule has 4 aromatic rings. The molecule has 1 fully saturated rings. The van der Waals surface area contributed by atoms with Crippen LogP contribution in [0, 0.1) is 17.6 Å². The topological polar surface area (TPSA) is 142 Å². The van der Waals surface area contributed by atoms with Gasteiger partial charge in [0, 0.05) is 35.0 Å². The van der Waals surface area contributed by atoms with Crippen molar-refractivity contribution in [3.05, 3.63) is 107 Å². The van der Waals surface area contributed by atoms with Crippen molar-refractivity contribution in [2.45, 2.75) is 5.54 Å². The summed E-state index contributed by atoms with van der Waals surface area (Å²) in [5.74, 6) is -1.65. The van der Waals surface area contributed by atoms with Crippen molar-refractivity contribution >= 4 is 46.7 Å². The van der Waals surface area contributed by atoms with E-state index in [9.17, 15) is 18.8 Å². The Morgan fingerprint density at radius 1 is 0.953 bits per heavy atom. The number of halogens is 2. The molecule has 216 valence electrons. The second-order valence-electron chi connectivity index (χ2n) is 9.84. The van der Waals surface area contributed by atoms with E-state index in [4.69, 9.17) is 4.99 Å². The van der Waals surface area contributed by atoms with Crippen molar-refractivity contribution in [3.8, 4) is 0 Å². The number of hydrogen-bond acceptors (Lipinski definition) is 10. The van der Waals surface area contributed by atoms with E-state index < -0.39 is 23.1 Å². The minimum Gasteiger partial charge on any atom is -0.338 e. The first-order chi connectivity index (χ1) is 20.8. The van der Waals surface area contributed by atoms with Gasteiger partial charge in [-0.1, -0.05) is 30.0 Å². The van der Waals surface area contributed by atoms with E-state index in [-0.39, 0.29) is 47.0 Å². The maximum atomic E-state index is 15.7. The van der Waals surface area contributed by atoms with E-state index in [2.05, 4.69) is 30.6 Å². The van der Waals surface area contributed by atoms with Crippen LogP contribution >= 0.6 is 11.8 Å². The molecule has 2 atom stereocenters. The molecular weight excluding hydrogens is 578 g/mol. The Balaban J connectivity index is 1.36. The highest BCUT2D eigenvalue weighted by molar-refractivity contribution is 8.13. The van der Waals surface area contributed by atoms with Gasteiger partial charge in [0.2, 0.25) is 5.95 Å². The molecule has 0 unspecified atom stereocenters. The van der Waals surface area contributed by atoms with Gasteiger partial charge in [-0.2, -0.15) is 0 Å². The molecule has 6 rings (SSSR count). The van der Waals surface area contributed by atoms with Gasteiger partial charge in [0.05, 0.1) is 31.3 Å². The van der Waals surface area contributed by atoms with Gasteiger partial charge in [0.25, 0.3) is 11.8 Å². The third-order valence-corrected chi connectivity index (χ3v) is 8.17. The number of nitrogens with one attached hydrogen (secondary N) is 2. The van der Waals surface area contributed by atoms with Gasteiger partial charge in [-0.15, -0.1) is 0 Å². The van der Waals surface area contributed by atoms with Gasteiger partial charge in [0.1, 0.15) is 22.7 Å². The number of benzene rings is 2. The Bertz CT molecular complexity index is 1720. The zero-order valence-corrected chi connectivity index (χ0v) is 23.1. The van der Waals surface area contributed by atoms with Crippen LogP contribution in [0.25, 0.3) is 0 Å². The molecule has 0 saturated carbocycles. The molecule has 2 aromatic carbocycles. The van der Waals surface area contributed by atoms with E-state index in [1.54, 1.807) is 35.2 Å². The SMILES string of the molecule is O=Cc1cnc(C(=O)Nc2ccc(F)c([C@]34CN(c5ncc(F)cn5)C[C@H]3CSC(NC(=O)c3ccccc3)=N4)c2)cn1. The standard InChI is InChI=1S/C29H22F2N8O3S/c30-19-9-34-27(35-10-19)39-13-18-15-43-28(37-25(41)17-4-2-1-3-5-17)38-29(18,16-39)22-8-20(6-7-23(22)31)36-26(42)24-12-32-21(14-40)11-33-24/h1-12,14,18H,13,15-16H2,(H,36,42)(H,37,38,41)/t18-,29-/m0/s1. The normalized spacial score (nSPS) is 19.3. The van der Waals surface area contributed by atoms with E-state index in [1.165, 1.54) is 42.4 Å². The Labute approximate surface area is 247 Å². The fourth-order valence-corrected chi connectivity index (χ4v) is 6.20. The quantitative estimate of drug-likeness (QED) is 0.318. The Hall–Kier alpha value is -5.11. The van der Waals surface area contributed by atoms with Crippen LogP contribution in [0.4, 0.5) is 20.4 Å². The molecule has 2 N–H and O–H groups in total. The lowest BCUT2D eigenvalue weighted by Gasteiger charge is -2.35. The molecule has 2 aliphatic heterocycles. The maximum Gasteiger partial charge on any atom is 0.275 e. The number of thioether (sulfide) groups is 1. The highest BCUT2D eigenvalue weighted by Gasteiger charge is 2.52. The van der Waals surface area contributed by atoms with E-state index in [1.807, 2.05) is 0 Å². The molecule has 4 heterocycles. The van der Waals surface area contributed by atoms with Gasteiger partial charge >= 0.3 is 0 Å². The monoisotopic (exact) mass is 600 g/mol. The second-order valence-corrected chi connectivity index (χ2v) is 10.9. The number of amidine groups is 1. The summed E-state index contributed by atoms with van der Waals surface area (Å²) in [4.78, 5) is 59.4. The van der Waals surface area contributed by atoms with Crippen LogP contribution in [0.15, 0.2) is 78.3 Å². The van der Waals surface area contributed by atoms with Gasteiger partial charge in [-0.3, -0.25) is 14.4 Å². The molecule has 2 aromatic heterocycles. The van der Waals surface area contributed by atoms with Gasteiger partial charge < -0.3 is 15.5 Å². The first kappa shape index (κ1) is 28.0. The minimum atomic E-state index is -1.21. The van der Waals surface area contributed by atoms with Gasteiger partial charge in [-0.25, -0.2) is 33.7 Å². The molecule has 0 radical (unpaired) electrons. The Morgan fingerprint density at radius 2 is 1.74 bits per heavy atom. The van der Waals surface area contributed by atoms with Crippen LogP contribution in [-0.2, 0) is 5.54 Å². The number of amides is 2. The van der Waals surface area contributed by atoms with Crippen LogP contribution in [0.2, 0.25) is 0 Å². The van der Waals surface area contributed by atoms with Crippen LogP contribution in [0.1, 0.15) is 36.9 Å². The zero-order chi connectivity index (χ0) is 30.0. The molecule has 1 saturated heterocycles. The van der Waals surface area contributed by atoms with Crippen LogP contribution in [-0.4, -0.2) is 62.0 Å². The predicted molar refractivity (Wildman–Crippen MR) is 155 cm³/mol. The van der Waals surface area contributed by atoms with Crippen molar-refractivity contribution in [3.63, 3.8) is 0 Å². The molecule has 14 heteroatoms. The molecule has 43 heavy (non-hydrogen) atoms. The van der Waals surface area contributed by atoms with E-state index >= 15 is 4.39 Å².